The van der Waals surface area contributed by atoms with Crippen LogP contribution in [0.25, 0.3) is 5.57 Å². The molecule has 4 heteroatoms. The SMILES string of the molecule is CCc1ccc(/C(=C/C2CCCC2)c2ccc(OC)c(Cl)c2)nc1OC. The second-order valence-electron chi connectivity index (χ2n) is 6.69. The number of hydrogen-bond acceptors (Lipinski definition) is 3. The Bertz CT molecular complexity index is 795. The Labute approximate surface area is 161 Å². The number of rotatable bonds is 6. The molecule has 0 radical (unpaired) electrons. The van der Waals surface area contributed by atoms with Crippen molar-refractivity contribution in [3.63, 3.8) is 0 Å². The van der Waals surface area contributed by atoms with Crippen LogP contribution in [0.15, 0.2) is 36.4 Å². The lowest BCUT2D eigenvalue weighted by Crippen LogP contribution is -2.01. The number of ether oxygens (including phenoxy) is 2. The topological polar surface area (TPSA) is 31.4 Å². The van der Waals surface area contributed by atoms with Gasteiger partial charge in [-0.25, -0.2) is 4.98 Å². The van der Waals surface area contributed by atoms with E-state index in [9.17, 15) is 0 Å². The number of pyridine rings is 1. The average molecular weight is 372 g/mol. The van der Waals surface area contributed by atoms with Crippen LogP contribution in [0.2, 0.25) is 5.02 Å². The van der Waals surface area contributed by atoms with Gasteiger partial charge in [-0.1, -0.05) is 49.6 Å². The number of halogens is 1. The maximum absolute atomic E-state index is 6.39. The fourth-order valence-electron chi connectivity index (χ4n) is 3.59. The molecule has 3 rings (SSSR count). The van der Waals surface area contributed by atoms with Crippen molar-refractivity contribution in [2.24, 2.45) is 5.92 Å². The van der Waals surface area contributed by atoms with E-state index in [0.717, 1.165) is 28.8 Å². The lowest BCUT2D eigenvalue weighted by molar-refractivity contribution is 0.392. The molecule has 138 valence electrons. The molecule has 0 spiro atoms. The van der Waals surface area contributed by atoms with Crippen LogP contribution < -0.4 is 9.47 Å². The monoisotopic (exact) mass is 371 g/mol. The molecular formula is C22H26ClNO2. The van der Waals surface area contributed by atoms with Crippen molar-refractivity contribution < 1.29 is 9.47 Å². The Kier molecular flexibility index (Phi) is 6.20. The molecule has 0 bridgehead atoms. The molecule has 1 heterocycles. The highest BCUT2D eigenvalue weighted by molar-refractivity contribution is 6.32. The van der Waals surface area contributed by atoms with Crippen molar-refractivity contribution in [2.45, 2.75) is 39.0 Å². The van der Waals surface area contributed by atoms with Gasteiger partial charge in [0.25, 0.3) is 0 Å². The van der Waals surface area contributed by atoms with Crippen molar-refractivity contribution in [2.75, 3.05) is 14.2 Å². The highest BCUT2D eigenvalue weighted by Crippen LogP contribution is 2.35. The quantitative estimate of drug-likeness (QED) is 0.630. The summed E-state index contributed by atoms with van der Waals surface area (Å²) in [6.07, 6.45) is 8.31. The normalized spacial score (nSPS) is 15.3. The van der Waals surface area contributed by atoms with E-state index in [2.05, 4.69) is 25.1 Å². The fraction of sp³-hybridized carbons (Fsp3) is 0.409. The van der Waals surface area contributed by atoms with Crippen molar-refractivity contribution in [3.8, 4) is 11.6 Å². The number of aromatic nitrogens is 1. The predicted octanol–water partition coefficient (Wildman–Crippen LogP) is 5.94. The summed E-state index contributed by atoms with van der Waals surface area (Å²) in [5.41, 5.74) is 4.21. The summed E-state index contributed by atoms with van der Waals surface area (Å²) in [7, 11) is 3.31. The molecule has 0 unspecified atom stereocenters. The molecule has 1 fully saturated rings. The fourth-order valence-corrected chi connectivity index (χ4v) is 3.85. The summed E-state index contributed by atoms with van der Waals surface area (Å²) >= 11 is 6.39. The second kappa shape index (κ2) is 8.59. The van der Waals surface area contributed by atoms with Gasteiger partial charge in [-0.05, 0) is 48.9 Å². The van der Waals surface area contributed by atoms with Crippen LogP contribution in [0.5, 0.6) is 11.6 Å². The standard InChI is InChI=1S/C22H26ClNO2/c1-4-16-9-11-20(24-22(16)26-3)18(13-15-7-5-6-8-15)17-10-12-21(25-2)19(23)14-17/h9-15H,4-8H2,1-3H3/b18-13+. The number of nitrogens with zero attached hydrogens (tertiary/aromatic N) is 1. The second-order valence-corrected chi connectivity index (χ2v) is 7.10. The van der Waals surface area contributed by atoms with Gasteiger partial charge in [-0.15, -0.1) is 0 Å². The maximum Gasteiger partial charge on any atom is 0.216 e. The van der Waals surface area contributed by atoms with Gasteiger partial charge >= 0.3 is 0 Å². The Balaban J connectivity index is 2.08. The number of methoxy groups -OCH3 is 2. The third-order valence-corrected chi connectivity index (χ3v) is 5.35. The van der Waals surface area contributed by atoms with Gasteiger partial charge in [0.15, 0.2) is 0 Å². The zero-order valence-electron chi connectivity index (χ0n) is 15.7. The largest absolute Gasteiger partial charge is 0.495 e. The first kappa shape index (κ1) is 18.8. The summed E-state index contributed by atoms with van der Waals surface area (Å²) in [6, 6.07) is 10.1. The Morgan fingerprint density at radius 2 is 1.92 bits per heavy atom. The number of aryl methyl sites for hydroxylation is 1. The minimum atomic E-state index is 0.588. The van der Waals surface area contributed by atoms with E-state index < -0.39 is 0 Å². The molecular weight excluding hydrogens is 346 g/mol. The summed E-state index contributed by atoms with van der Waals surface area (Å²) in [5, 5.41) is 0.611. The van der Waals surface area contributed by atoms with Crippen LogP contribution in [0.1, 0.15) is 49.4 Å². The van der Waals surface area contributed by atoms with Crippen LogP contribution in [0.4, 0.5) is 0 Å². The minimum Gasteiger partial charge on any atom is -0.495 e. The van der Waals surface area contributed by atoms with Crippen LogP contribution >= 0.6 is 11.6 Å². The molecule has 2 aromatic rings. The smallest absolute Gasteiger partial charge is 0.216 e. The van der Waals surface area contributed by atoms with Crippen LogP contribution in [0.3, 0.4) is 0 Å². The molecule has 0 amide bonds. The molecule has 1 aliphatic rings. The summed E-state index contributed by atoms with van der Waals surface area (Å²) in [6.45, 7) is 2.11. The van der Waals surface area contributed by atoms with Crippen molar-refractivity contribution in [1.82, 2.24) is 4.98 Å². The van der Waals surface area contributed by atoms with Crippen molar-refractivity contribution in [1.29, 1.82) is 0 Å². The van der Waals surface area contributed by atoms with E-state index >= 15 is 0 Å². The van der Waals surface area contributed by atoms with E-state index in [1.54, 1.807) is 14.2 Å². The molecule has 1 saturated carbocycles. The lowest BCUT2D eigenvalue weighted by atomic mass is 9.95. The van der Waals surface area contributed by atoms with Crippen molar-refractivity contribution >= 4 is 17.2 Å². The van der Waals surface area contributed by atoms with Crippen LogP contribution in [-0.2, 0) is 6.42 Å². The van der Waals surface area contributed by atoms with E-state index in [-0.39, 0.29) is 0 Å². The molecule has 1 aromatic carbocycles. The molecule has 0 saturated heterocycles. The predicted molar refractivity (Wildman–Crippen MR) is 107 cm³/mol. The van der Waals surface area contributed by atoms with E-state index in [1.165, 1.54) is 25.7 Å². The minimum absolute atomic E-state index is 0.588. The summed E-state index contributed by atoms with van der Waals surface area (Å²) in [4.78, 5) is 4.79. The zero-order valence-corrected chi connectivity index (χ0v) is 16.5. The maximum atomic E-state index is 6.39. The number of hydrogen-bond donors (Lipinski definition) is 0. The highest BCUT2D eigenvalue weighted by Gasteiger charge is 2.18. The van der Waals surface area contributed by atoms with Gasteiger partial charge < -0.3 is 9.47 Å². The van der Waals surface area contributed by atoms with Crippen molar-refractivity contribution in [3.05, 3.63) is 58.3 Å². The molecule has 0 atom stereocenters. The third kappa shape index (κ3) is 4.04. The highest BCUT2D eigenvalue weighted by atomic mass is 35.5. The first-order chi connectivity index (χ1) is 12.7. The molecule has 0 aliphatic heterocycles. The number of benzene rings is 1. The summed E-state index contributed by atoms with van der Waals surface area (Å²) < 4.78 is 10.8. The summed E-state index contributed by atoms with van der Waals surface area (Å²) in [5.74, 6) is 1.97. The van der Waals surface area contributed by atoms with E-state index in [1.807, 2.05) is 18.2 Å². The van der Waals surface area contributed by atoms with Gasteiger partial charge in [-0.2, -0.15) is 0 Å². The van der Waals surface area contributed by atoms with E-state index in [0.29, 0.717) is 22.6 Å². The van der Waals surface area contributed by atoms with Gasteiger partial charge in [-0.3, -0.25) is 0 Å². The van der Waals surface area contributed by atoms with Gasteiger partial charge in [0, 0.05) is 11.1 Å². The lowest BCUT2D eigenvalue weighted by Gasteiger charge is -2.15. The first-order valence-electron chi connectivity index (χ1n) is 9.26. The molecule has 26 heavy (non-hydrogen) atoms. The Morgan fingerprint density at radius 3 is 2.54 bits per heavy atom. The first-order valence-corrected chi connectivity index (χ1v) is 9.64. The molecule has 0 N–H and O–H groups in total. The average Bonchev–Trinajstić information content (AvgIpc) is 3.18. The molecule has 1 aliphatic carbocycles. The third-order valence-electron chi connectivity index (χ3n) is 5.05. The van der Waals surface area contributed by atoms with Gasteiger partial charge in [0.2, 0.25) is 5.88 Å². The zero-order chi connectivity index (χ0) is 18.5. The van der Waals surface area contributed by atoms with Crippen LogP contribution in [-0.4, -0.2) is 19.2 Å². The van der Waals surface area contributed by atoms with Gasteiger partial charge in [0.1, 0.15) is 5.75 Å². The van der Waals surface area contributed by atoms with Crippen LogP contribution in [0, 0.1) is 5.92 Å². The Morgan fingerprint density at radius 1 is 1.15 bits per heavy atom. The molecule has 1 aromatic heterocycles. The van der Waals surface area contributed by atoms with E-state index in [4.69, 9.17) is 26.1 Å². The number of allylic oxidation sites excluding steroid dienone is 1. The molecule has 3 nitrogen and oxygen atoms in total. The Hall–Kier alpha value is -2.00. The van der Waals surface area contributed by atoms with Gasteiger partial charge in [0.05, 0.1) is 24.9 Å².